The number of hydrogen-bond donors (Lipinski definition) is 3. The summed E-state index contributed by atoms with van der Waals surface area (Å²) in [5.74, 6) is 1.33. The van der Waals surface area contributed by atoms with Crippen LogP contribution in [-0.2, 0) is 0 Å². The molecule has 0 saturated heterocycles. The maximum atomic E-state index is 11.4. The van der Waals surface area contributed by atoms with E-state index in [-0.39, 0.29) is 12.6 Å². The molecule has 0 radical (unpaired) electrons. The molecule has 4 heteroatoms. The summed E-state index contributed by atoms with van der Waals surface area (Å²) < 4.78 is 0. The van der Waals surface area contributed by atoms with Gasteiger partial charge in [-0.2, -0.15) is 0 Å². The Labute approximate surface area is 91.4 Å². The number of aliphatic hydroxyl groups is 1. The Hall–Kier alpha value is -0.770. The van der Waals surface area contributed by atoms with E-state index in [0.29, 0.717) is 18.5 Å². The van der Waals surface area contributed by atoms with Gasteiger partial charge in [0.05, 0.1) is 6.61 Å². The van der Waals surface area contributed by atoms with Gasteiger partial charge in [0, 0.05) is 12.6 Å². The number of aliphatic hydroxyl groups excluding tert-OH is 1. The van der Waals surface area contributed by atoms with E-state index in [0.717, 1.165) is 12.3 Å². The second-order valence-electron chi connectivity index (χ2n) is 4.63. The van der Waals surface area contributed by atoms with E-state index in [2.05, 4.69) is 24.5 Å². The van der Waals surface area contributed by atoms with E-state index >= 15 is 0 Å². The Morgan fingerprint density at radius 1 is 1.40 bits per heavy atom. The summed E-state index contributed by atoms with van der Waals surface area (Å²) in [5.41, 5.74) is 0. The van der Waals surface area contributed by atoms with Crippen LogP contribution in [0.5, 0.6) is 0 Å². The molecule has 1 fully saturated rings. The molecule has 0 spiro atoms. The summed E-state index contributed by atoms with van der Waals surface area (Å²) in [6.45, 7) is 4.76. The van der Waals surface area contributed by atoms with Gasteiger partial charge in [0.1, 0.15) is 0 Å². The Balaban J connectivity index is 2.28. The summed E-state index contributed by atoms with van der Waals surface area (Å²) in [6.07, 6.45) is 3.44. The molecule has 3 atom stereocenters. The van der Waals surface area contributed by atoms with E-state index in [1.54, 1.807) is 0 Å². The normalized spacial score (nSPS) is 31.0. The van der Waals surface area contributed by atoms with Crippen molar-refractivity contribution >= 4 is 6.03 Å². The van der Waals surface area contributed by atoms with Gasteiger partial charge in [0.15, 0.2) is 0 Å². The van der Waals surface area contributed by atoms with Crippen LogP contribution in [0.1, 0.15) is 33.1 Å². The zero-order valence-electron chi connectivity index (χ0n) is 9.62. The molecule has 1 rings (SSSR count). The summed E-state index contributed by atoms with van der Waals surface area (Å²) in [4.78, 5) is 11.4. The van der Waals surface area contributed by atoms with E-state index in [4.69, 9.17) is 5.11 Å². The lowest BCUT2D eigenvalue weighted by Gasteiger charge is -2.33. The van der Waals surface area contributed by atoms with Crippen molar-refractivity contribution in [2.24, 2.45) is 11.8 Å². The second-order valence-corrected chi connectivity index (χ2v) is 4.63. The molecule has 15 heavy (non-hydrogen) atoms. The summed E-state index contributed by atoms with van der Waals surface area (Å²) in [6, 6.07) is 0.135. The Kier molecular flexibility index (Phi) is 4.88. The highest BCUT2D eigenvalue weighted by atomic mass is 16.3. The van der Waals surface area contributed by atoms with Crippen LogP contribution in [0.2, 0.25) is 0 Å². The van der Waals surface area contributed by atoms with Gasteiger partial charge in [-0.3, -0.25) is 0 Å². The van der Waals surface area contributed by atoms with Gasteiger partial charge in [0.2, 0.25) is 0 Å². The van der Waals surface area contributed by atoms with Crippen molar-refractivity contribution in [3.63, 3.8) is 0 Å². The highest BCUT2D eigenvalue weighted by Crippen LogP contribution is 2.28. The fourth-order valence-electron chi connectivity index (χ4n) is 2.27. The molecular weight excluding hydrogens is 192 g/mol. The van der Waals surface area contributed by atoms with Gasteiger partial charge < -0.3 is 15.7 Å². The molecule has 0 aromatic heterocycles. The molecule has 0 aromatic rings. The predicted molar refractivity (Wildman–Crippen MR) is 59.6 cm³/mol. The molecule has 2 amide bonds. The fourth-order valence-corrected chi connectivity index (χ4v) is 2.27. The Morgan fingerprint density at radius 2 is 2.13 bits per heavy atom. The van der Waals surface area contributed by atoms with Gasteiger partial charge in [-0.1, -0.05) is 13.8 Å². The van der Waals surface area contributed by atoms with Crippen LogP contribution in [-0.4, -0.2) is 30.3 Å². The maximum Gasteiger partial charge on any atom is 0.315 e. The van der Waals surface area contributed by atoms with Crippen LogP contribution >= 0.6 is 0 Å². The number of carbonyl (C=O) groups excluding carboxylic acids is 1. The SMILES string of the molecule is CC1CCC(NC(=O)NCCO)C(C)C1. The van der Waals surface area contributed by atoms with Crippen LogP contribution in [0.25, 0.3) is 0 Å². The Bertz CT molecular complexity index is 209. The van der Waals surface area contributed by atoms with Crippen molar-refractivity contribution in [3.05, 3.63) is 0 Å². The number of nitrogens with one attached hydrogen (secondary N) is 2. The zero-order valence-corrected chi connectivity index (χ0v) is 9.62. The largest absolute Gasteiger partial charge is 0.395 e. The van der Waals surface area contributed by atoms with E-state index in [1.165, 1.54) is 12.8 Å². The van der Waals surface area contributed by atoms with Crippen molar-refractivity contribution in [2.75, 3.05) is 13.2 Å². The lowest BCUT2D eigenvalue weighted by Crippen LogP contribution is -2.47. The van der Waals surface area contributed by atoms with Crippen LogP contribution < -0.4 is 10.6 Å². The van der Waals surface area contributed by atoms with Crippen molar-refractivity contribution in [3.8, 4) is 0 Å². The number of carbonyl (C=O) groups is 1. The first-order valence-electron chi connectivity index (χ1n) is 5.78. The lowest BCUT2D eigenvalue weighted by atomic mass is 9.80. The molecule has 3 unspecified atom stereocenters. The third kappa shape index (κ3) is 4.08. The first-order valence-corrected chi connectivity index (χ1v) is 5.78. The minimum Gasteiger partial charge on any atom is -0.395 e. The van der Waals surface area contributed by atoms with Gasteiger partial charge >= 0.3 is 6.03 Å². The van der Waals surface area contributed by atoms with Gasteiger partial charge in [-0.15, -0.1) is 0 Å². The maximum absolute atomic E-state index is 11.4. The third-order valence-corrected chi connectivity index (χ3v) is 3.15. The molecule has 3 N–H and O–H groups in total. The summed E-state index contributed by atoms with van der Waals surface area (Å²) in [5, 5.41) is 14.1. The van der Waals surface area contributed by atoms with Crippen molar-refractivity contribution in [1.82, 2.24) is 10.6 Å². The van der Waals surface area contributed by atoms with E-state index < -0.39 is 0 Å². The van der Waals surface area contributed by atoms with E-state index in [1.807, 2.05) is 0 Å². The second kappa shape index (κ2) is 5.95. The summed E-state index contributed by atoms with van der Waals surface area (Å²) >= 11 is 0. The number of hydrogen-bond acceptors (Lipinski definition) is 2. The number of rotatable bonds is 3. The van der Waals surface area contributed by atoms with Crippen molar-refractivity contribution in [1.29, 1.82) is 0 Å². The van der Waals surface area contributed by atoms with Crippen LogP contribution in [0.3, 0.4) is 0 Å². The third-order valence-electron chi connectivity index (χ3n) is 3.15. The highest BCUT2D eigenvalue weighted by molar-refractivity contribution is 5.74. The molecular formula is C11H22N2O2. The average Bonchev–Trinajstić information content (AvgIpc) is 2.19. The minimum absolute atomic E-state index is 0.00925. The molecule has 1 aliphatic carbocycles. The zero-order chi connectivity index (χ0) is 11.3. The minimum atomic E-state index is -0.157. The topological polar surface area (TPSA) is 61.4 Å². The van der Waals surface area contributed by atoms with E-state index in [9.17, 15) is 4.79 Å². The first kappa shape index (κ1) is 12.3. The molecule has 0 aliphatic heterocycles. The quantitative estimate of drug-likeness (QED) is 0.659. The summed E-state index contributed by atoms with van der Waals surface area (Å²) in [7, 11) is 0. The Morgan fingerprint density at radius 3 is 2.73 bits per heavy atom. The predicted octanol–water partition coefficient (Wildman–Crippen LogP) is 1.10. The molecule has 1 saturated carbocycles. The van der Waals surface area contributed by atoms with Gasteiger partial charge in [-0.25, -0.2) is 4.79 Å². The van der Waals surface area contributed by atoms with Gasteiger partial charge in [0.25, 0.3) is 0 Å². The molecule has 0 bridgehead atoms. The fraction of sp³-hybridized carbons (Fsp3) is 0.909. The monoisotopic (exact) mass is 214 g/mol. The number of amides is 2. The van der Waals surface area contributed by atoms with Crippen LogP contribution in [0.15, 0.2) is 0 Å². The molecule has 0 aromatic carbocycles. The van der Waals surface area contributed by atoms with Crippen molar-refractivity contribution < 1.29 is 9.90 Å². The van der Waals surface area contributed by atoms with Crippen LogP contribution in [0, 0.1) is 11.8 Å². The molecule has 4 nitrogen and oxygen atoms in total. The number of urea groups is 1. The van der Waals surface area contributed by atoms with Crippen LogP contribution in [0.4, 0.5) is 4.79 Å². The average molecular weight is 214 g/mol. The first-order chi connectivity index (χ1) is 7.13. The van der Waals surface area contributed by atoms with Gasteiger partial charge in [-0.05, 0) is 31.1 Å². The smallest absolute Gasteiger partial charge is 0.315 e. The standard InChI is InChI=1S/C11H22N2O2/c1-8-3-4-10(9(2)7-8)13-11(15)12-5-6-14/h8-10,14H,3-7H2,1-2H3,(H2,12,13,15). The molecule has 0 heterocycles. The van der Waals surface area contributed by atoms with Crippen molar-refractivity contribution in [2.45, 2.75) is 39.2 Å². The molecule has 88 valence electrons. The lowest BCUT2D eigenvalue weighted by molar-refractivity contribution is 0.203. The highest BCUT2D eigenvalue weighted by Gasteiger charge is 2.26. The molecule has 1 aliphatic rings.